The molecular formula is C26H14O8. The van der Waals surface area contributed by atoms with E-state index in [9.17, 15) is 14.4 Å². The summed E-state index contributed by atoms with van der Waals surface area (Å²) < 4.78 is 26.7. The molecule has 1 aliphatic heterocycles. The molecule has 1 aliphatic rings. The second kappa shape index (κ2) is 7.63. The minimum atomic E-state index is -0.658. The van der Waals surface area contributed by atoms with Gasteiger partial charge < -0.3 is 23.0 Å². The molecule has 0 N–H and O–H groups in total. The van der Waals surface area contributed by atoms with Crippen molar-refractivity contribution in [2.75, 3.05) is 6.79 Å². The molecule has 3 aromatic carbocycles. The zero-order valence-corrected chi connectivity index (χ0v) is 17.4. The summed E-state index contributed by atoms with van der Waals surface area (Å²) in [4.78, 5) is 37.5. The van der Waals surface area contributed by atoms with E-state index < -0.39 is 17.2 Å². The van der Waals surface area contributed by atoms with Gasteiger partial charge in [0.15, 0.2) is 11.5 Å². The highest BCUT2D eigenvalue weighted by Gasteiger charge is 2.19. The summed E-state index contributed by atoms with van der Waals surface area (Å²) in [5, 5.41) is 1.21. The van der Waals surface area contributed by atoms with Gasteiger partial charge in [0, 0.05) is 28.5 Å². The van der Waals surface area contributed by atoms with Crippen molar-refractivity contribution < 1.29 is 27.8 Å². The van der Waals surface area contributed by atoms with Crippen LogP contribution in [0.5, 0.6) is 17.2 Å². The lowest BCUT2D eigenvalue weighted by molar-refractivity contribution is 0.0734. The Morgan fingerprint density at radius 1 is 0.765 bits per heavy atom. The molecule has 0 radical (unpaired) electrons. The maximum absolute atomic E-state index is 12.7. The lowest BCUT2D eigenvalue weighted by atomic mass is 10.0. The quantitative estimate of drug-likeness (QED) is 0.223. The zero-order valence-electron chi connectivity index (χ0n) is 17.4. The first-order valence-electron chi connectivity index (χ1n) is 10.3. The summed E-state index contributed by atoms with van der Waals surface area (Å²) in [6.07, 6.45) is 0. The van der Waals surface area contributed by atoms with Gasteiger partial charge in [-0.15, -0.1) is 0 Å². The minimum Gasteiger partial charge on any atom is -0.454 e. The van der Waals surface area contributed by atoms with E-state index in [-0.39, 0.29) is 29.3 Å². The van der Waals surface area contributed by atoms with Crippen molar-refractivity contribution in [1.29, 1.82) is 0 Å². The van der Waals surface area contributed by atoms with E-state index >= 15 is 0 Å². The first-order valence-corrected chi connectivity index (χ1v) is 10.3. The molecule has 0 aliphatic carbocycles. The van der Waals surface area contributed by atoms with Gasteiger partial charge in [0.05, 0.1) is 11.1 Å². The van der Waals surface area contributed by atoms with E-state index in [1.54, 1.807) is 42.5 Å². The van der Waals surface area contributed by atoms with E-state index in [4.69, 9.17) is 23.0 Å². The van der Waals surface area contributed by atoms with Crippen LogP contribution >= 0.6 is 0 Å². The number of para-hydroxylation sites is 1. The summed E-state index contributed by atoms with van der Waals surface area (Å²) in [6.45, 7) is 0.0927. The van der Waals surface area contributed by atoms with Crippen LogP contribution in [-0.4, -0.2) is 12.8 Å². The van der Waals surface area contributed by atoms with Gasteiger partial charge in [0.2, 0.25) is 6.79 Å². The molecule has 0 atom stereocenters. The van der Waals surface area contributed by atoms with Gasteiger partial charge in [-0.2, -0.15) is 0 Å². The highest BCUT2D eigenvalue weighted by atomic mass is 16.7. The molecule has 34 heavy (non-hydrogen) atoms. The molecule has 2 aromatic heterocycles. The molecule has 5 aromatic rings. The Morgan fingerprint density at radius 2 is 1.62 bits per heavy atom. The lowest BCUT2D eigenvalue weighted by Gasteiger charge is -2.08. The summed E-state index contributed by atoms with van der Waals surface area (Å²) in [7, 11) is 0. The van der Waals surface area contributed by atoms with Crippen LogP contribution in [-0.2, 0) is 0 Å². The monoisotopic (exact) mass is 454 g/mol. The zero-order chi connectivity index (χ0) is 23.2. The predicted octanol–water partition coefficient (Wildman–Crippen LogP) is 4.51. The minimum absolute atomic E-state index is 0.0927. The number of hydrogen-bond acceptors (Lipinski definition) is 8. The number of esters is 1. The fourth-order valence-electron chi connectivity index (χ4n) is 3.87. The molecule has 0 unspecified atom stereocenters. The van der Waals surface area contributed by atoms with Crippen molar-refractivity contribution in [2.24, 2.45) is 0 Å². The van der Waals surface area contributed by atoms with Crippen LogP contribution in [0.1, 0.15) is 10.4 Å². The molecule has 0 amide bonds. The van der Waals surface area contributed by atoms with Crippen molar-refractivity contribution >= 4 is 27.9 Å². The molecule has 6 rings (SSSR count). The molecule has 0 fully saturated rings. The molecule has 3 heterocycles. The standard InChI is InChI=1S/C26H14O8/c27-24-12-18(19-9-14-3-1-2-4-20(14)34-26(19)29)17-7-6-16(11-22(17)33-24)32-25(28)15-5-8-21-23(10-15)31-13-30-21/h1-12H,13H2. The highest BCUT2D eigenvalue weighted by Crippen LogP contribution is 2.33. The van der Waals surface area contributed by atoms with Crippen molar-refractivity contribution in [3.8, 4) is 28.4 Å². The fraction of sp³-hybridized carbons (Fsp3) is 0.0385. The van der Waals surface area contributed by atoms with E-state index in [0.29, 0.717) is 33.4 Å². The van der Waals surface area contributed by atoms with E-state index in [0.717, 1.165) is 0 Å². The molecule has 0 saturated carbocycles. The summed E-state index contributed by atoms with van der Waals surface area (Å²) in [5.74, 6) is 0.555. The van der Waals surface area contributed by atoms with Crippen LogP contribution in [0.3, 0.4) is 0 Å². The number of carbonyl (C=O) groups is 1. The molecular weight excluding hydrogens is 440 g/mol. The second-order valence-corrected chi connectivity index (χ2v) is 7.58. The third-order valence-corrected chi connectivity index (χ3v) is 5.47. The van der Waals surface area contributed by atoms with Crippen molar-refractivity contribution in [3.63, 3.8) is 0 Å². The summed E-state index contributed by atoms with van der Waals surface area (Å²) in [5.41, 5.74) is 0.222. The molecule has 8 heteroatoms. The van der Waals surface area contributed by atoms with Gasteiger partial charge in [0.1, 0.15) is 16.9 Å². The molecule has 0 saturated heterocycles. The molecule has 0 bridgehead atoms. The van der Waals surface area contributed by atoms with Crippen LogP contribution in [0.25, 0.3) is 33.1 Å². The number of hydrogen-bond donors (Lipinski definition) is 0. The normalized spacial score (nSPS) is 12.2. The molecule has 166 valence electrons. The van der Waals surface area contributed by atoms with Gasteiger partial charge in [-0.25, -0.2) is 14.4 Å². The average Bonchev–Trinajstić information content (AvgIpc) is 3.31. The summed E-state index contributed by atoms with van der Waals surface area (Å²) >= 11 is 0. The lowest BCUT2D eigenvalue weighted by Crippen LogP contribution is -2.09. The largest absolute Gasteiger partial charge is 0.454 e. The van der Waals surface area contributed by atoms with Crippen molar-refractivity contribution in [3.05, 3.63) is 99.2 Å². The first kappa shape index (κ1) is 19.8. The Morgan fingerprint density at radius 3 is 2.53 bits per heavy atom. The number of fused-ring (bicyclic) bond motifs is 3. The van der Waals surface area contributed by atoms with Crippen molar-refractivity contribution in [2.45, 2.75) is 0 Å². The second-order valence-electron chi connectivity index (χ2n) is 7.58. The topological polar surface area (TPSA) is 105 Å². The van der Waals surface area contributed by atoms with Crippen LogP contribution in [0.15, 0.2) is 91.2 Å². The third-order valence-electron chi connectivity index (χ3n) is 5.47. The van der Waals surface area contributed by atoms with Crippen LogP contribution in [0.4, 0.5) is 0 Å². The molecule has 0 spiro atoms. The highest BCUT2D eigenvalue weighted by molar-refractivity contribution is 5.96. The number of benzene rings is 3. The Bertz CT molecular complexity index is 1730. The van der Waals surface area contributed by atoms with E-state index in [1.165, 1.54) is 18.2 Å². The third kappa shape index (κ3) is 3.38. The van der Waals surface area contributed by atoms with Crippen LogP contribution < -0.4 is 25.5 Å². The average molecular weight is 454 g/mol. The van der Waals surface area contributed by atoms with Gasteiger partial charge in [-0.05, 0) is 42.5 Å². The number of ether oxygens (including phenoxy) is 3. The first-order chi connectivity index (χ1) is 16.5. The maximum atomic E-state index is 12.7. The van der Waals surface area contributed by atoms with Gasteiger partial charge >= 0.3 is 17.2 Å². The van der Waals surface area contributed by atoms with E-state index in [2.05, 4.69) is 0 Å². The maximum Gasteiger partial charge on any atom is 0.344 e. The van der Waals surface area contributed by atoms with Crippen LogP contribution in [0.2, 0.25) is 0 Å². The van der Waals surface area contributed by atoms with E-state index in [1.807, 2.05) is 12.1 Å². The Hall–Kier alpha value is -4.85. The van der Waals surface area contributed by atoms with Gasteiger partial charge in [0.25, 0.3) is 0 Å². The Balaban J connectivity index is 1.39. The smallest absolute Gasteiger partial charge is 0.344 e. The van der Waals surface area contributed by atoms with Gasteiger partial charge in [-0.1, -0.05) is 18.2 Å². The SMILES string of the molecule is O=C(Oc1ccc2c(-c3cc4ccccc4oc3=O)cc(=O)oc2c1)c1ccc2c(c1)OCO2. The number of carbonyl (C=O) groups excluding carboxylic acids is 1. The van der Waals surface area contributed by atoms with Crippen molar-refractivity contribution in [1.82, 2.24) is 0 Å². The van der Waals surface area contributed by atoms with Gasteiger partial charge in [-0.3, -0.25) is 0 Å². The van der Waals surface area contributed by atoms with Crippen LogP contribution in [0, 0.1) is 0 Å². The predicted molar refractivity (Wildman–Crippen MR) is 121 cm³/mol. The summed E-state index contributed by atoms with van der Waals surface area (Å²) in [6, 6.07) is 19.3. The fourth-order valence-corrected chi connectivity index (χ4v) is 3.87. The Kier molecular flexibility index (Phi) is 4.44. The number of rotatable bonds is 3. The molecule has 8 nitrogen and oxygen atoms in total. The Labute approximate surface area is 190 Å².